The molecule has 0 aliphatic carbocycles. The van der Waals surface area contributed by atoms with Gasteiger partial charge in [-0.25, -0.2) is 9.97 Å². The van der Waals surface area contributed by atoms with Crippen LogP contribution in [0.1, 0.15) is 51.9 Å². The SMILES string of the molecule is O=C(O)CN1CCc2nc(C(=O)N3CCc4c(-c5cccc6c5CCN6C(=O)c5nc6c(s5)CN(CC(=O)O)CC6)cccc43)sc2C1. The molecular formula is C34H32N6O6S2. The standard InChI is InChI=1S/C34H32N6O6S2/c41-29(42)17-37-11-9-23-27(15-37)47-31(35-23)33(45)39-13-7-21-19(3-1-5-25(21)39)20-4-2-6-26-22(20)8-14-40(26)34(46)32-36-24-10-12-38(18-30(43)44)16-28(24)48-32/h1-6H,7-18H2,(H,41,42)(H,43,44). The largest absolute Gasteiger partial charge is 0.480 e. The molecule has 2 aromatic carbocycles. The summed E-state index contributed by atoms with van der Waals surface area (Å²) in [5, 5.41) is 19.3. The van der Waals surface area contributed by atoms with Crippen LogP contribution in [0.2, 0.25) is 0 Å². The second-order valence-corrected chi connectivity index (χ2v) is 14.7. The minimum atomic E-state index is -0.863. The van der Waals surface area contributed by atoms with Gasteiger partial charge in [-0.2, -0.15) is 0 Å². The number of aliphatic carboxylic acids is 2. The van der Waals surface area contributed by atoms with Gasteiger partial charge in [0.2, 0.25) is 0 Å². The van der Waals surface area contributed by atoms with Crippen molar-refractivity contribution in [3.05, 3.63) is 78.7 Å². The quantitative estimate of drug-likeness (QED) is 0.296. The Kier molecular flexibility index (Phi) is 7.82. The molecule has 4 aliphatic rings. The van der Waals surface area contributed by atoms with Gasteiger partial charge in [-0.3, -0.25) is 29.0 Å². The summed E-state index contributed by atoms with van der Waals surface area (Å²) < 4.78 is 0. The Labute approximate surface area is 283 Å². The van der Waals surface area contributed by atoms with E-state index < -0.39 is 11.9 Å². The van der Waals surface area contributed by atoms with Crippen LogP contribution in [-0.4, -0.2) is 93.0 Å². The first-order valence-electron chi connectivity index (χ1n) is 16.0. The highest BCUT2D eigenvalue weighted by molar-refractivity contribution is 7.14. The molecule has 0 saturated heterocycles. The lowest BCUT2D eigenvalue weighted by molar-refractivity contribution is -0.139. The molecule has 246 valence electrons. The Balaban J connectivity index is 1.03. The minimum absolute atomic E-state index is 0.0279. The zero-order chi connectivity index (χ0) is 33.1. The van der Waals surface area contributed by atoms with Gasteiger partial charge in [-0.05, 0) is 47.2 Å². The molecule has 0 spiro atoms. The lowest BCUT2D eigenvalue weighted by Gasteiger charge is -2.23. The van der Waals surface area contributed by atoms with E-state index in [4.69, 9.17) is 0 Å². The number of carbonyl (C=O) groups is 4. The number of benzene rings is 2. The first-order chi connectivity index (χ1) is 23.2. The number of carboxylic acids is 2. The number of rotatable bonds is 7. The fourth-order valence-electron chi connectivity index (χ4n) is 7.36. The van der Waals surface area contributed by atoms with Crippen LogP contribution in [0.3, 0.4) is 0 Å². The molecule has 2 amide bonds. The highest BCUT2D eigenvalue weighted by atomic mass is 32.1. The smallest absolute Gasteiger partial charge is 0.317 e. The summed E-state index contributed by atoms with van der Waals surface area (Å²) in [5.74, 6) is -2.00. The van der Waals surface area contributed by atoms with Crippen LogP contribution in [0, 0.1) is 0 Å². The fraction of sp³-hybridized carbons (Fsp3) is 0.353. The Hall–Kier alpha value is -4.50. The van der Waals surface area contributed by atoms with E-state index in [1.807, 2.05) is 34.1 Å². The van der Waals surface area contributed by atoms with Crippen LogP contribution >= 0.6 is 22.7 Å². The van der Waals surface area contributed by atoms with Crippen LogP contribution in [0.4, 0.5) is 11.4 Å². The van der Waals surface area contributed by atoms with E-state index in [9.17, 15) is 29.4 Å². The number of nitrogens with zero attached hydrogens (tertiary/aromatic N) is 6. The van der Waals surface area contributed by atoms with Gasteiger partial charge in [0.15, 0.2) is 10.0 Å². The van der Waals surface area contributed by atoms with Gasteiger partial charge < -0.3 is 20.0 Å². The van der Waals surface area contributed by atoms with Crippen molar-refractivity contribution in [3.63, 3.8) is 0 Å². The van der Waals surface area contributed by atoms with E-state index in [0.717, 1.165) is 54.8 Å². The van der Waals surface area contributed by atoms with Crippen LogP contribution in [0.15, 0.2) is 36.4 Å². The number of aromatic nitrogens is 2. The number of fused-ring (bicyclic) bond motifs is 4. The molecule has 6 heterocycles. The Morgan fingerprint density at radius 2 is 1.06 bits per heavy atom. The van der Waals surface area contributed by atoms with Gasteiger partial charge in [0.1, 0.15) is 0 Å². The molecule has 0 unspecified atom stereocenters. The highest BCUT2D eigenvalue weighted by Gasteiger charge is 2.34. The summed E-state index contributed by atoms with van der Waals surface area (Å²) in [5.41, 5.74) is 7.80. The molecule has 0 bridgehead atoms. The van der Waals surface area contributed by atoms with E-state index in [2.05, 4.69) is 22.1 Å². The van der Waals surface area contributed by atoms with E-state index in [1.54, 1.807) is 9.80 Å². The zero-order valence-electron chi connectivity index (χ0n) is 26.0. The third-order valence-electron chi connectivity index (χ3n) is 9.54. The molecule has 4 aliphatic heterocycles. The molecule has 2 N–H and O–H groups in total. The third kappa shape index (κ3) is 5.48. The third-order valence-corrected chi connectivity index (χ3v) is 11.7. The van der Waals surface area contributed by atoms with E-state index in [1.165, 1.54) is 22.7 Å². The maximum absolute atomic E-state index is 13.8. The van der Waals surface area contributed by atoms with Crippen molar-refractivity contribution >= 4 is 57.8 Å². The van der Waals surface area contributed by atoms with Gasteiger partial charge in [0.05, 0.1) is 24.5 Å². The predicted molar refractivity (Wildman–Crippen MR) is 180 cm³/mol. The molecular weight excluding hydrogens is 653 g/mol. The van der Waals surface area contributed by atoms with Gasteiger partial charge in [0.25, 0.3) is 11.8 Å². The predicted octanol–water partition coefficient (Wildman–Crippen LogP) is 3.56. The van der Waals surface area contributed by atoms with Crippen LogP contribution < -0.4 is 9.80 Å². The molecule has 0 saturated carbocycles. The molecule has 48 heavy (non-hydrogen) atoms. The summed E-state index contributed by atoms with van der Waals surface area (Å²) in [6.45, 7) is 3.22. The normalized spacial score (nSPS) is 17.2. The van der Waals surface area contributed by atoms with Crippen molar-refractivity contribution in [2.75, 3.05) is 49.1 Å². The van der Waals surface area contributed by atoms with Crippen molar-refractivity contribution in [3.8, 4) is 11.1 Å². The van der Waals surface area contributed by atoms with Crippen molar-refractivity contribution in [2.45, 2.75) is 38.8 Å². The number of anilines is 2. The Bertz CT molecular complexity index is 1860. The fourth-order valence-corrected chi connectivity index (χ4v) is 9.56. The lowest BCUT2D eigenvalue weighted by Crippen LogP contribution is -2.34. The average Bonchev–Trinajstić information content (AvgIpc) is 3.86. The maximum atomic E-state index is 13.8. The van der Waals surface area contributed by atoms with E-state index in [0.29, 0.717) is 75.0 Å². The monoisotopic (exact) mass is 684 g/mol. The first-order valence-corrected chi connectivity index (χ1v) is 17.6. The molecule has 2 aromatic heterocycles. The minimum Gasteiger partial charge on any atom is -0.480 e. The van der Waals surface area contributed by atoms with Crippen LogP contribution in [-0.2, 0) is 48.4 Å². The number of hydrogen-bond acceptors (Lipinski definition) is 10. The summed E-state index contributed by atoms with van der Waals surface area (Å²) in [4.78, 5) is 68.6. The number of amides is 2. The van der Waals surface area contributed by atoms with Crippen LogP contribution in [0.5, 0.6) is 0 Å². The summed E-state index contributed by atoms with van der Waals surface area (Å²) in [6.07, 6.45) is 2.65. The number of carbonyl (C=O) groups excluding carboxylic acids is 2. The highest BCUT2D eigenvalue weighted by Crippen LogP contribution is 2.43. The van der Waals surface area contributed by atoms with Gasteiger partial charge in [-0.15, -0.1) is 22.7 Å². The van der Waals surface area contributed by atoms with E-state index >= 15 is 0 Å². The summed E-state index contributed by atoms with van der Waals surface area (Å²) in [7, 11) is 0. The molecule has 0 fully saturated rings. The molecule has 14 heteroatoms. The summed E-state index contributed by atoms with van der Waals surface area (Å²) in [6, 6.07) is 12.1. The Morgan fingerprint density at radius 3 is 1.48 bits per heavy atom. The van der Waals surface area contributed by atoms with E-state index in [-0.39, 0.29) is 24.9 Å². The van der Waals surface area contributed by atoms with Crippen molar-refractivity contribution in [1.29, 1.82) is 0 Å². The van der Waals surface area contributed by atoms with Crippen molar-refractivity contribution < 1.29 is 29.4 Å². The molecule has 0 atom stereocenters. The molecule has 4 aromatic rings. The number of carboxylic acid groups (broad SMARTS) is 2. The molecule has 12 nitrogen and oxygen atoms in total. The molecule has 8 rings (SSSR count). The van der Waals surface area contributed by atoms with Gasteiger partial charge in [0, 0.05) is 73.2 Å². The Morgan fingerprint density at radius 1 is 0.625 bits per heavy atom. The lowest BCUT2D eigenvalue weighted by atomic mass is 9.93. The second kappa shape index (κ2) is 12.2. The van der Waals surface area contributed by atoms with Crippen LogP contribution in [0.25, 0.3) is 11.1 Å². The van der Waals surface area contributed by atoms with Crippen molar-refractivity contribution in [2.24, 2.45) is 0 Å². The van der Waals surface area contributed by atoms with Gasteiger partial charge >= 0.3 is 11.9 Å². The second-order valence-electron chi connectivity index (χ2n) is 12.5. The first kappa shape index (κ1) is 30.8. The summed E-state index contributed by atoms with van der Waals surface area (Å²) >= 11 is 2.72. The maximum Gasteiger partial charge on any atom is 0.317 e. The zero-order valence-corrected chi connectivity index (χ0v) is 27.6. The topological polar surface area (TPSA) is 147 Å². The molecule has 0 radical (unpaired) electrons. The average molecular weight is 685 g/mol. The number of hydrogen-bond donors (Lipinski definition) is 2. The van der Waals surface area contributed by atoms with Crippen molar-refractivity contribution in [1.82, 2.24) is 19.8 Å². The number of thiazole rings is 2. The van der Waals surface area contributed by atoms with Gasteiger partial charge in [-0.1, -0.05) is 24.3 Å².